The van der Waals surface area contributed by atoms with Crippen molar-refractivity contribution in [1.29, 1.82) is 0 Å². The first kappa shape index (κ1) is 19.1. The lowest BCUT2D eigenvalue weighted by Crippen LogP contribution is -2.41. The summed E-state index contributed by atoms with van der Waals surface area (Å²) in [5.41, 5.74) is 0.536. The van der Waals surface area contributed by atoms with Crippen LogP contribution in [-0.2, 0) is 16.5 Å². The Hall–Kier alpha value is -2.38. The smallest absolute Gasteiger partial charge is 0.373 e. The molecular weight excluding hydrogens is 417 g/mol. The number of amides is 1. The number of methoxy groups -OCH3 is 1. The van der Waals surface area contributed by atoms with Crippen LogP contribution in [0.4, 0.5) is 13.2 Å². The molecule has 1 amide bonds. The van der Waals surface area contributed by atoms with Crippen LogP contribution in [-0.4, -0.2) is 44.0 Å². The molecular formula is C25H29F3N2O2. The number of nitrogens with one attached hydrogen (secondary N) is 1. The molecule has 0 radical (unpaired) electrons. The van der Waals surface area contributed by atoms with Gasteiger partial charge in [-0.1, -0.05) is 24.3 Å². The van der Waals surface area contributed by atoms with Gasteiger partial charge in [-0.2, -0.15) is 13.2 Å². The van der Waals surface area contributed by atoms with Crippen molar-refractivity contribution >= 4 is 5.91 Å². The van der Waals surface area contributed by atoms with Crippen molar-refractivity contribution < 1.29 is 26.8 Å². The third-order valence-electron chi connectivity index (χ3n) is 6.76. The second-order valence-electron chi connectivity index (χ2n) is 8.61. The number of ether oxygens (including phenoxy) is 1. The molecule has 2 aliphatic rings. The summed E-state index contributed by atoms with van der Waals surface area (Å²) in [6, 6.07) is 12.3. The highest BCUT2D eigenvalue weighted by Crippen LogP contribution is 2.35. The third-order valence-corrected chi connectivity index (χ3v) is 6.76. The number of hydrogen-bond acceptors (Lipinski definition) is 3. The number of likely N-dealkylation sites (tertiary alicyclic amines) is 1. The second-order valence-corrected chi connectivity index (χ2v) is 8.61. The molecule has 4 rings (SSSR count). The summed E-state index contributed by atoms with van der Waals surface area (Å²) in [6.45, 7) is 2.32. The average Bonchev–Trinajstić information content (AvgIpc) is 2.83. The topological polar surface area (TPSA) is 41.6 Å². The highest BCUT2D eigenvalue weighted by atomic mass is 19.4. The first-order valence-electron chi connectivity index (χ1n) is 12.4. The molecule has 7 heteroatoms. The monoisotopic (exact) mass is 449 g/mol. The number of halogens is 3. The average molecular weight is 450 g/mol. The summed E-state index contributed by atoms with van der Waals surface area (Å²) in [6.07, 6.45) is -1.95. The van der Waals surface area contributed by atoms with Gasteiger partial charge in [0.05, 0.1) is 15.3 Å². The molecule has 2 saturated heterocycles. The Bertz CT molecular complexity index is 1010. The summed E-state index contributed by atoms with van der Waals surface area (Å²) in [4.78, 5) is 14.8. The van der Waals surface area contributed by atoms with Crippen LogP contribution in [0.15, 0.2) is 48.5 Å². The molecule has 0 bridgehead atoms. The maximum atomic E-state index is 13.1. The summed E-state index contributed by atoms with van der Waals surface area (Å²) in [7, 11) is -2.52. The zero-order chi connectivity index (χ0) is 25.3. The molecule has 172 valence electrons. The van der Waals surface area contributed by atoms with Gasteiger partial charge in [-0.05, 0) is 80.1 Å². The molecule has 0 unspecified atom stereocenters. The van der Waals surface area contributed by atoms with Crippen molar-refractivity contribution in [2.75, 3.05) is 33.2 Å². The first-order valence-corrected chi connectivity index (χ1v) is 10.9. The Balaban J connectivity index is 1.40. The van der Waals surface area contributed by atoms with Gasteiger partial charge >= 0.3 is 6.18 Å². The number of carbonyl (C=O) groups excluding carboxylic acids is 1. The Morgan fingerprint density at radius 3 is 2.25 bits per heavy atom. The molecule has 0 saturated carbocycles. The first-order chi connectivity index (χ1) is 16.5. The van der Waals surface area contributed by atoms with E-state index in [1.165, 1.54) is 12.1 Å². The van der Waals surface area contributed by atoms with Crippen molar-refractivity contribution in [2.24, 2.45) is 0 Å². The maximum absolute atomic E-state index is 13.1. The van der Waals surface area contributed by atoms with Gasteiger partial charge < -0.3 is 15.0 Å². The van der Waals surface area contributed by atoms with Gasteiger partial charge in [-0.25, -0.2) is 0 Å². The fraction of sp³-hybridized carbons (Fsp3) is 0.480. The highest BCUT2D eigenvalue weighted by molar-refractivity contribution is 5.94. The van der Waals surface area contributed by atoms with Crippen molar-refractivity contribution in [3.8, 4) is 0 Å². The number of rotatable bonds is 4. The van der Waals surface area contributed by atoms with Crippen LogP contribution in [0.25, 0.3) is 0 Å². The predicted octanol–water partition coefficient (Wildman–Crippen LogP) is 4.95. The van der Waals surface area contributed by atoms with Crippen LogP contribution in [0.5, 0.6) is 0 Å². The van der Waals surface area contributed by atoms with Crippen LogP contribution in [0.2, 0.25) is 0 Å². The molecule has 2 fully saturated rings. The summed E-state index contributed by atoms with van der Waals surface area (Å²) < 4.78 is 66.7. The minimum Gasteiger partial charge on any atom is -0.373 e. The van der Waals surface area contributed by atoms with Crippen LogP contribution >= 0.6 is 0 Å². The van der Waals surface area contributed by atoms with Gasteiger partial charge in [0.1, 0.15) is 0 Å². The van der Waals surface area contributed by atoms with Gasteiger partial charge in [0.25, 0.3) is 5.91 Å². The Labute approximate surface area is 191 Å². The van der Waals surface area contributed by atoms with E-state index in [1.54, 1.807) is 29.2 Å². The zero-order valence-electron chi connectivity index (χ0n) is 20.8. The molecule has 2 aliphatic heterocycles. The fourth-order valence-corrected chi connectivity index (χ4v) is 4.74. The van der Waals surface area contributed by atoms with E-state index in [2.05, 4.69) is 5.32 Å². The second kappa shape index (κ2) is 9.24. The molecule has 1 N–H and O–H groups in total. The molecule has 0 aliphatic carbocycles. The number of hydrogen-bond donors (Lipinski definition) is 1. The van der Waals surface area contributed by atoms with E-state index in [-0.39, 0.29) is 11.8 Å². The summed E-state index contributed by atoms with van der Waals surface area (Å²) in [5, 5.41) is 3.22. The molecule has 0 atom stereocenters. The Kier molecular flexibility index (Phi) is 5.52. The van der Waals surface area contributed by atoms with E-state index >= 15 is 0 Å². The van der Waals surface area contributed by atoms with Crippen LogP contribution in [0.1, 0.15) is 62.8 Å². The van der Waals surface area contributed by atoms with E-state index in [9.17, 15) is 18.0 Å². The van der Waals surface area contributed by atoms with Gasteiger partial charge in [0.2, 0.25) is 0 Å². The largest absolute Gasteiger partial charge is 0.416 e. The van der Waals surface area contributed by atoms with E-state index < -0.39 is 24.4 Å². The Morgan fingerprint density at radius 1 is 1.06 bits per heavy atom. The highest BCUT2D eigenvalue weighted by Gasteiger charge is 2.34. The van der Waals surface area contributed by atoms with Gasteiger partial charge in [-0.3, -0.25) is 4.79 Å². The normalized spacial score (nSPS) is 21.5. The van der Waals surface area contributed by atoms with Crippen molar-refractivity contribution in [2.45, 2.75) is 43.4 Å². The quantitative estimate of drug-likeness (QED) is 0.718. The number of nitrogens with zero attached hydrogens (tertiary/aromatic N) is 1. The molecule has 2 aromatic rings. The predicted molar refractivity (Wildman–Crippen MR) is 117 cm³/mol. The summed E-state index contributed by atoms with van der Waals surface area (Å²) in [5.74, 6) is -0.000897. The van der Waals surface area contributed by atoms with Gasteiger partial charge in [0, 0.05) is 25.7 Å². The lowest BCUT2D eigenvalue weighted by Gasteiger charge is -2.37. The van der Waals surface area contributed by atoms with E-state index in [0.29, 0.717) is 57.4 Å². The molecule has 0 aromatic heterocycles. The number of alkyl halides is 3. The van der Waals surface area contributed by atoms with E-state index in [1.807, 2.05) is 0 Å². The molecule has 0 spiro atoms. The SMILES string of the molecule is [2H]C([2H])([2H])OC1(c2ccc(C(=O)N3CCC(c4ccc(C(F)(F)F)cc4)CC3)cc2)CCNCC1. The minimum absolute atomic E-state index is 0.112. The number of carbonyl (C=O) groups is 1. The summed E-state index contributed by atoms with van der Waals surface area (Å²) >= 11 is 0. The maximum Gasteiger partial charge on any atom is 0.416 e. The van der Waals surface area contributed by atoms with Crippen LogP contribution in [0, 0.1) is 0 Å². The van der Waals surface area contributed by atoms with E-state index in [0.717, 1.165) is 23.3 Å². The zero-order valence-corrected chi connectivity index (χ0v) is 17.8. The number of piperidine rings is 2. The lowest BCUT2D eigenvalue weighted by molar-refractivity contribution is -0.137. The van der Waals surface area contributed by atoms with Gasteiger partial charge in [-0.15, -0.1) is 0 Å². The fourth-order valence-electron chi connectivity index (χ4n) is 4.74. The minimum atomic E-state index is -4.35. The molecule has 2 aromatic carbocycles. The van der Waals surface area contributed by atoms with E-state index in [4.69, 9.17) is 8.85 Å². The van der Waals surface area contributed by atoms with Crippen LogP contribution in [0.3, 0.4) is 0 Å². The Morgan fingerprint density at radius 2 is 1.69 bits per heavy atom. The molecule has 2 heterocycles. The number of benzene rings is 2. The lowest BCUT2D eigenvalue weighted by atomic mass is 9.84. The standard InChI is InChI=1S/C25H29F3N2O2/c1-32-24(12-14-29-15-13-24)21-6-4-20(5-7-21)23(31)30-16-10-19(11-17-30)18-2-8-22(9-3-18)25(26,27)28/h2-9,19,29H,10-17H2,1H3/i1D3. The van der Waals surface area contributed by atoms with Crippen molar-refractivity contribution in [3.63, 3.8) is 0 Å². The molecule has 4 nitrogen and oxygen atoms in total. The third kappa shape index (κ3) is 4.69. The van der Waals surface area contributed by atoms with Crippen molar-refractivity contribution in [3.05, 3.63) is 70.8 Å². The van der Waals surface area contributed by atoms with Crippen LogP contribution < -0.4 is 5.32 Å². The molecule has 32 heavy (non-hydrogen) atoms. The van der Waals surface area contributed by atoms with Crippen molar-refractivity contribution in [1.82, 2.24) is 10.2 Å². The van der Waals surface area contributed by atoms with Gasteiger partial charge in [0.15, 0.2) is 0 Å².